The molecule has 0 fully saturated rings. The van der Waals surface area contributed by atoms with Crippen molar-refractivity contribution in [2.75, 3.05) is 17.7 Å². The van der Waals surface area contributed by atoms with E-state index in [1.165, 1.54) is 6.92 Å². The molecule has 0 unspecified atom stereocenters. The first kappa shape index (κ1) is 27.6. The standard InChI is InChI=1S/C17H14F8N2O5S2/c1-2-34(30,31)11-3-8(32-7-15(18,19)20)5-26-13(11)27-6-10-9(14(28)29)4-12(33-10)16(21,22)17(23,24)25/h3-5H,2,6-7H2,1H3,(H,26,27)(H,28,29). The van der Waals surface area contributed by atoms with Gasteiger partial charge in [0.2, 0.25) is 0 Å². The van der Waals surface area contributed by atoms with Crippen LogP contribution in [0.1, 0.15) is 27.0 Å². The summed E-state index contributed by atoms with van der Waals surface area (Å²) in [5, 5.41) is 11.5. The van der Waals surface area contributed by atoms with Gasteiger partial charge >= 0.3 is 24.2 Å². The Bertz CT molecular complexity index is 1160. The molecule has 0 aliphatic rings. The van der Waals surface area contributed by atoms with Gasteiger partial charge in [-0.05, 0) is 6.07 Å². The molecule has 0 atom stereocenters. The number of carbonyl (C=O) groups is 1. The molecule has 7 nitrogen and oxygen atoms in total. The highest BCUT2D eigenvalue weighted by atomic mass is 32.2. The van der Waals surface area contributed by atoms with Crippen LogP contribution in [0.4, 0.5) is 40.9 Å². The Morgan fingerprint density at radius 3 is 2.26 bits per heavy atom. The van der Waals surface area contributed by atoms with Crippen LogP contribution in [-0.4, -0.2) is 49.2 Å². The van der Waals surface area contributed by atoms with Crippen LogP contribution in [0.2, 0.25) is 0 Å². The highest BCUT2D eigenvalue weighted by molar-refractivity contribution is 7.91. The second-order valence-corrected chi connectivity index (χ2v) is 9.89. The number of carboxylic acid groups (broad SMARTS) is 1. The van der Waals surface area contributed by atoms with Crippen molar-refractivity contribution in [2.45, 2.75) is 36.6 Å². The molecular weight excluding hydrogens is 528 g/mol. The molecule has 0 saturated carbocycles. The molecule has 34 heavy (non-hydrogen) atoms. The normalized spacial score (nSPS) is 13.1. The molecule has 0 radical (unpaired) electrons. The van der Waals surface area contributed by atoms with E-state index in [0.29, 0.717) is 0 Å². The average Bonchev–Trinajstić information content (AvgIpc) is 3.15. The maximum Gasteiger partial charge on any atom is 0.458 e. The van der Waals surface area contributed by atoms with E-state index in [0.717, 1.165) is 12.3 Å². The molecule has 0 aliphatic carbocycles. The van der Waals surface area contributed by atoms with E-state index in [1.807, 2.05) is 0 Å². The summed E-state index contributed by atoms with van der Waals surface area (Å²) in [5.74, 6) is -8.76. The summed E-state index contributed by atoms with van der Waals surface area (Å²) < 4.78 is 131. The fourth-order valence-electron chi connectivity index (χ4n) is 2.40. The third-order valence-electron chi connectivity index (χ3n) is 4.07. The molecule has 2 heterocycles. The molecule has 17 heteroatoms. The van der Waals surface area contributed by atoms with Crippen LogP contribution < -0.4 is 10.1 Å². The molecule has 190 valence electrons. The summed E-state index contributed by atoms with van der Waals surface area (Å²) >= 11 is -0.166. The van der Waals surface area contributed by atoms with Crippen molar-refractivity contribution >= 4 is 33.0 Å². The van der Waals surface area contributed by atoms with Gasteiger partial charge in [0, 0.05) is 10.9 Å². The van der Waals surface area contributed by atoms with Crippen molar-refractivity contribution in [2.24, 2.45) is 0 Å². The lowest BCUT2D eigenvalue weighted by Crippen LogP contribution is -2.32. The van der Waals surface area contributed by atoms with E-state index in [2.05, 4.69) is 15.0 Å². The van der Waals surface area contributed by atoms with Gasteiger partial charge in [0.05, 0.1) is 28.9 Å². The second kappa shape index (κ2) is 9.52. The number of hydrogen-bond donors (Lipinski definition) is 2. The summed E-state index contributed by atoms with van der Waals surface area (Å²) in [4.78, 5) is 12.2. The number of carboxylic acids is 1. The Hall–Kier alpha value is -2.69. The number of aromatic nitrogens is 1. The van der Waals surface area contributed by atoms with Gasteiger partial charge in [0.1, 0.15) is 16.5 Å². The molecule has 0 aliphatic heterocycles. The molecule has 0 aromatic carbocycles. The topological polar surface area (TPSA) is 106 Å². The average molecular weight is 542 g/mol. The molecule has 0 bridgehead atoms. The number of sulfone groups is 1. The fraction of sp³-hybridized carbons (Fsp3) is 0.412. The maximum absolute atomic E-state index is 13.6. The van der Waals surface area contributed by atoms with Gasteiger partial charge in [-0.3, -0.25) is 0 Å². The zero-order valence-electron chi connectivity index (χ0n) is 16.7. The number of pyridine rings is 1. The first-order valence-electron chi connectivity index (χ1n) is 8.86. The number of nitrogens with one attached hydrogen (secondary N) is 1. The number of alkyl halides is 8. The van der Waals surface area contributed by atoms with E-state index >= 15 is 0 Å². The second-order valence-electron chi connectivity index (χ2n) is 6.50. The predicted molar refractivity (Wildman–Crippen MR) is 102 cm³/mol. The van der Waals surface area contributed by atoms with Crippen LogP contribution in [0.5, 0.6) is 5.75 Å². The predicted octanol–water partition coefficient (Wildman–Crippen LogP) is 4.84. The minimum Gasteiger partial charge on any atom is -0.482 e. The lowest BCUT2D eigenvalue weighted by Gasteiger charge is -2.17. The quantitative estimate of drug-likeness (QED) is 0.437. The summed E-state index contributed by atoms with van der Waals surface area (Å²) in [6.45, 7) is -1.28. The zero-order chi connectivity index (χ0) is 26.1. The largest absolute Gasteiger partial charge is 0.482 e. The van der Waals surface area contributed by atoms with Crippen molar-refractivity contribution in [3.63, 3.8) is 0 Å². The van der Waals surface area contributed by atoms with Crippen molar-refractivity contribution in [1.29, 1.82) is 0 Å². The molecule has 0 spiro atoms. The molecule has 0 saturated heterocycles. The smallest absolute Gasteiger partial charge is 0.458 e. The number of aromatic carboxylic acids is 1. The van der Waals surface area contributed by atoms with Gasteiger partial charge in [-0.2, -0.15) is 35.1 Å². The summed E-state index contributed by atoms with van der Waals surface area (Å²) in [7, 11) is -4.14. The van der Waals surface area contributed by atoms with E-state index in [9.17, 15) is 48.3 Å². The Morgan fingerprint density at radius 1 is 1.15 bits per heavy atom. The summed E-state index contributed by atoms with van der Waals surface area (Å²) in [6, 6.07) is 0.873. The zero-order valence-corrected chi connectivity index (χ0v) is 18.4. The van der Waals surface area contributed by atoms with Crippen molar-refractivity contribution in [3.05, 3.63) is 33.6 Å². The first-order valence-corrected chi connectivity index (χ1v) is 11.3. The number of anilines is 1. The van der Waals surface area contributed by atoms with E-state index in [4.69, 9.17) is 5.11 Å². The van der Waals surface area contributed by atoms with Crippen molar-refractivity contribution in [1.82, 2.24) is 4.98 Å². The fourth-order valence-corrected chi connectivity index (χ4v) is 4.51. The third kappa shape index (κ3) is 6.25. The van der Waals surface area contributed by atoms with Gasteiger partial charge in [-0.15, -0.1) is 11.3 Å². The monoisotopic (exact) mass is 542 g/mol. The molecule has 0 amide bonds. The SMILES string of the molecule is CCS(=O)(=O)c1cc(OCC(F)(F)F)cnc1NCc1sc(C(F)(F)C(F)(F)F)cc1C(=O)O. The van der Waals surface area contributed by atoms with Gasteiger partial charge in [-0.1, -0.05) is 6.92 Å². The lowest BCUT2D eigenvalue weighted by atomic mass is 10.2. The summed E-state index contributed by atoms with van der Waals surface area (Å²) in [6.07, 6.45) is -10.0. The van der Waals surface area contributed by atoms with Crippen molar-refractivity contribution < 1.29 is 58.2 Å². The van der Waals surface area contributed by atoms with E-state index in [1.54, 1.807) is 0 Å². The number of halogens is 8. The van der Waals surface area contributed by atoms with Crippen LogP contribution in [0.15, 0.2) is 23.2 Å². The van der Waals surface area contributed by atoms with Crippen LogP contribution in [0, 0.1) is 0 Å². The van der Waals surface area contributed by atoms with Crippen LogP contribution >= 0.6 is 11.3 Å². The minimum atomic E-state index is -5.99. The van der Waals surface area contributed by atoms with E-state index in [-0.39, 0.29) is 17.4 Å². The molecular formula is C17H14F8N2O5S2. The van der Waals surface area contributed by atoms with Crippen molar-refractivity contribution in [3.8, 4) is 5.75 Å². The maximum atomic E-state index is 13.6. The van der Waals surface area contributed by atoms with Gasteiger partial charge in [-0.25, -0.2) is 18.2 Å². The van der Waals surface area contributed by atoms with Crippen LogP contribution in [0.25, 0.3) is 0 Å². The first-order chi connectivity index (χ1) is 15.4. The number of thiophene rings is 1. The minimum absolute atomic E-state index is 0.155. The molecule has 2 aromatic rings. The van der Waals surface area contributed by atoms with Gasteiger partial charge in [0.25, 0.3) is 0 Å². The Labute approximate surface area is 190 Å². The number of hydrogen-bond acceptors (Lipinski definition) is 7. The molecule has 2 N–H and O–H groups in total. The Kier molecular flexibility index (Phi) is 7.71. The highest BCUT2D eigenvalue weighted by Crippen LogP contribution is 2.47. The lowest BCUT2D eigenvalue weighted by molar-refractivity contribution is -0.287. The number of rotatable bonds is 9. The Morgan fingerprint density at radius 2 is 1.76 bits per heavy atom. The summed E-state index contributed by atoms with van der Waals surface area (Å²) in [5.41, 5.74) is -0.888. The molecule has 2 aromatic heterocycles. The number of nitrogens with zero attached hydrogens (tertiary/aromatic N) is 1. The number of ether oxygens (including phenoxy) is 1. The highest BCUT2D eigenvalue weighted by Gasteiger charge is 2.60. The third-order valence-corrected chi connectivity index (χ3v) is 7.01. The molecule has 2 rings (SSSR count). The van der Waals surface area contributed by atoms with Gasteiger partial charge in [0.15, 0.2) is 16.4 Å². The van der Waals surface area contributed by atoms with Gasteiger partial charge < -0.3 is 15.2 Å². The van der Waals surface area contributed by atoms with E-state index < -0.39 is 84.8 Å². The van der Waals surface area contributed by atoms with Crippen LogP contribution in [0.3, 0.4) is 0 Å². The van der Waals surface area contributed by atoms with Crippen LogP contribution in [-0.2, 0) is 22.3 Å². The Balaban J connectivity index is 2.42.